The highest BCUT2D eigenvalue weighted by Crippen LogP contribution is 2.53. The van der Waals surface area contributed by atoms with Crippen molar-refractivity contribution in [1.82, 2.24) is 20.4 Å². The summed E-state index contributed by atoms with van der Waals surface area (Å²) in [6.07, 6.45) is 4.27. The Labute approximate surface area is 126 Å². The summed E-state index contributed by atoms with van der Waals surface area (Å²) in [5.41, 5.74) is 6.48. The molecule has 2 N–H and O–H groups in total. The maximum absolute atomic E-state index is 13.6. The van der Waals surface area contributed by atoms with Crippen molar-refractivity contribution in [3.05, 3.63) is 30.3 Å². The lowest BCUT2D eigenvalue weighted by Gasteiger charge is -2.41. The van der Waals surface area contributed by atoms with E-state index in [1.807, 2.05) is 30.3 Å². The van der Waals surface area contributed by atoms with Gasteiger partial charge in [-0.2, -0.15) is 0 Å². The minimum atomic E-state index is -3.15. The zero-order valence-electron chi connectivity index (χ0n) is 12.2. The predicted molar refractivity (Wildman–Crippen MR) is 82.6 cm³/mol. The number of hydrogen-bond acceptors (Lipinski definition) is 4. The fourth-order valence-corrected chi connectivity index (χ4v) is 4.83. The van der Waals surface area contributed by atoms with Crippen LogP contribution in [-0.4, -0.2) is 35.7 Å². The Kier molecular flexibility index (Phi) is 4.93. The van der Waals surface area contributed by atoms with E-state index >= 15 is 0 Å². The third-order valence-electron chi connectivity index (χ3n) is 3.76. The molecule has 2 heterocycles. The first-order valence-corrected chi connectivity index (χ1v) is 9.20. The van der Waals surface area contributed by atoms with Gasteiger partial charge < -0.3 is 4.52 Å². The highest BCUT2D eigenvalue weighted by Gasteiger charge is 2.42. The van der Waals surface area contributed by atoms with Crippen molar-refractivity contribution in [2.24, 2.45) is 0 Å². The van der Waals surface area contributed by atoms with E-state index in [-0.39, 0.29) is 0 Å². The number of hydrogen-bond donors (Lipinski definition) is 2. The van der Waals surface area contributed by atoms with Gasteiger partial charge in [0.05, 0.1) is 0 Å². The standard InChI is InChI=1S/C14H23N4O2P/c19-21(17-12-6-4-10-15-17,18-13-7-5-11-16-18)20-14-8-2-1-3-9-14/h1-3,8-9,15-16H,4-7,10-13H2. The Morgan fingerprint density at radius 3 is 1.95 bits per heavy atom. The smallest absolute Gasteiger partial charge is 0.420 e. The molecule has 0 unspecified atom stereocenters. The summed E-state index contributed by atoms with van der Waals surface area (Å²) in [7, 11) is -3.15. The van der Waals surface area contributed by atoms with E-state index < -0.39 is 7.67 Å². The van der Waals surface area contributed by atoms with Crippen molar-refractivity contribution >= 4 is 7.67 Å². The molecular formula is C14H23N4O2P. The van der Waals surface area contributed by atoms with Crippen molar-refractivity contribution < 1.29 is 9.09 Å². The summed E-state index contributed by atoms with van der Waals surface area (Å²) in [6.45, 7) is 3.16. The minimum absolute atomic E-state index is 0.639. The summed E-state index contributed by atoms with van der Waals surface area (Å²) >= 11 is 0. The van der Waals surface area contributed by atoms with Crippen molar-refractivity contribution in [3.63, 3.8) is 0 Å². The Hall–Kier alpha value is -0.910. The van der Waals surface area contributed by atoms with Crippen LogP contribution in [0.4, 0.5) is 0 Å². The third-order valence-corrected chi connectivity index (χ3v) is 6.11. The van der Waals surface area contributed by atoms with Crippen LogP contribution in [0.25, 0.3) is 0 Å². The molecule has 7 heteroatoms. The molecule has 0 aromatic heterocycles. The van der Waals surface area contributed by atoms with E-state index in [0.717, 1.165) is 51.9 Å². The quantitative estimate of drug-likeness (QED) is 0.833. The number of benzene rings is 1. The van der Waals surface area contributed by atoms with Gasteiger partial charge in [0.1, 0.15) is 5.75 Å². The van der Waals surface area contributed by atoms with Crippen molar-refractivity contribution in [3.8, 4) is 5.75 Å². The van der Waals surface area contributed by atoms with Gasteiger partial charge >= 0.3 is 7.67 Å². The van der Waals surface area contributed by atoms with Gasteiger partial charge in [-0.05, 0) is 37.8 Å². The summed E-state index contributed by atoms with van der Waals surface area (Å²) < 4.78 is 23.1. The summed E-state index contributed by atoms with van der Waals surface area (Å²) in [6, 6.07) is 9.41. The monoisotopic (exact) mass is 310 g/mol. The molecule has 21 heavy (non-hydrogen) atoms. The second kappa shape index (κ2) is 6.90. The second-order valence-corrected chi connectivity index (χ2v) is 7.50. The SMILES string of the molecule is O=P(Oc1ccccc1)(N1CCCCN1)N1CCCCN1. The van der Waals surface area contributed by atoms with Gasteiger partial charge in [-0.25, -0.2) is 15.4 Å². The minimum Gasteiger partial charge on any atom is -0.420 e. The predicted octanol–water partition coefficient (Wildman–Crippen LogP) is 2.37. The number of rotatable bonds is 4. The highest BCUT2D eigenvalue weighted by molar-refractivity contribution is 7.54. The normalized spacial score (nSPS) is 22.1. The maximum Gasteiger partial charge on any atom is 0.422 e. The number of nitrogens with one attached hydrogen (secondary N) is 2. The van der Waals surface area contributed by atoms with Gasteiger partial charge in [0, 0.05) is 26.2 Å². The molecule has 0 radical (unpaired) electrons. The molecular weight excluding hydrogens is 287 g/mol. The molecule has 0 bridgehead atoms. The Morgan fingerprint density at radius 2 is 1.48 bits per heavy atom. The van der Waals surface area contributed by atoms with Gasteiger partial charge in [-0.1, -0.05) is 18.2 Å². The van der Waals surface area contributed by atoms with Crippen molar-refractivity contribution in [2.45, 2.75) is 25.7 Å². The van der Waals surface area contributed by atoms with Crippen LogP contribution in [0.3, 0.4) is 0 Å². The van der Waals surface area contributed by atoms with Gasteiger partial charge in [-0.15, -0.1) is 9.56 Å². The van der Waals surface area contributed by atoms with E-state index in [1.165, 1.54) is 0 Å². The molecule has 0 spiro atoms. The first-order chi connectivity index (χ1) is 10.3. The van der Waals surface area contributed by atoms with Crippen LogP contribution in [0, 0.1) is 0 Å². The Bertz CT molecular complexity index is 465. The molecule has 0 aliphatic carbocycles. The zero-order chi connectivity index (χ0) is 14.5. The van der Waals surface area contributed by atoms with Crippen molar-refractivity contribution in [1.29, 1.82) is 0 Å². The zero-order valence-corrected chi connectivity index (χ0v) is 13.1. The maximum atomic E-state index is 13.6. The third kappa shape index (κ3) is 3.47. The molecule has 0 amide bonds. The number of hydrazine groups is 2. The summed E-state index contributed by atoms with van der Waals surface area (Å²) in [4.78, 5) is 0. The molecule has 0 atom stereocenters. The Balaban J connectivity index is 1.83. The van der Waals surface area contributed by atoms with E-state index in [2.05, 4.69) is 10.9 Å². The highest BCUT2D eigenvalue weighted by atomic mass is 31.2. The molecule has 6 nitrogen and oxygen atoms in total. The van der Waals surface area contributed by atoms with Crippen LogP contribution < -0.4 is 15.4 Å². The lowest BCUT2D eigenvalue weighted by atomic mass is 10.3. The lowest BCUT2D eigenvalue weighted by molar-refractivity contribution is 0.165. The van der Waals surface area contributed by atoms with Crippen LogP contribution in [0.1, 0.15) is 25.7 Å². The van der Waals surface area contributed by atoms with Crippen molar-refractivity contribution in [2.75, 3.05) is 26.2 Å². The van der Waals surface area contributed by atoms with Gasteiger partial charge in [0.15, 0.2) is 0 Å². The molecule has 1 aromatic rings. The molecule has 2 fully saturated rings. The van der Waals surface area contributed by atoms with E-state index in [0.29, 0.717) is 5.75 Å². The second-order valence-electron chi connectivity index (χ2n) is 5.37. The molecule has 0 saturated carbocycles. The summed E-state index contributed by atoms with van der Waals surface area (Å²) in [5, 5.41) is 0. The molecule has 3 rings (SSSR count). The Morgan fingerprint density at radius 1 is 0.905 bits per heavy atom. The fourth-order valence-electron chi connectivity index (χ4n) is 2.63. The van der Waals surface area contributed by atoms with Crippen LogP contribution >= 0.6 is 7.67 Å². The number of para-hydroxylation sites is 1. The topological polar surface area (TPSA) is 56.8 Å². The fraction of sp³-hybridized carbons (Fsp3) is 0.571. The molecule has 2 aliphatic heterocycles. The van der Waals surface area contributed by atoms with Crippen LogP contribution in [0.15, 0.2) is 30.3 Å². The van der Waals surface area contributed by atoms with Gasteiger partial charge in [0.2, 0.25) is 0 Å². The van der Waals surface area contributed by atoms with Crippen LogP contribution in [0.5, 0.6) is 5.75 Å². The molecule has 2 aliphatic rings. The first-order valence-electron chi connectivity index (χ1n) is 7.67. The average Bonchev–Trinajstić information content (AvgIpc) is 2.57. The lowest BCUT2D eigenvalue weighted by Crippen LogP contribution is -2.51. The largest absolute Gasteiger partial charge is 0.422 e. The molecule has 116 valence electrons. The van der Waals surface area contributed by atoms with Crippen LogP contribution in [0.2, 0.25) is 0 Å². The van der Waals surface area contributed by atoms with E-state index in [1.54, 1.807) is 9.56 Å². The van der Waals surface area contributed by atoms with Crippen LogP contribution in [-0.2, 0) is 4.57 Å². The van der Waals surface area contributed by atoms with E-state index in [4.69, 9.17) is 4.52 Å². The molecule has 2 saturated heterocycles. The van der Waals surface area contributed by atoms with Gasteiger partial charge in [0.25, 0.3) is 0 Å². The number of nitrogens with zero attached hydrogens (tertiary/aromatic N) is 2. The van der Waals surface area contributed by atoms with E-state index in [9.17, 15) is 4.57 Å². The summed E-state index contributed by atoms with van der Waals surface area (Å²) in [5.74, 6) is 0.639. The molecule has 1 aromatic carbocycles. The van der Waals surface area contributed by atoms with Gasteiger partial charge in [-0.3, -0.25) is 0 Å². The first kappa shape index (κ1) is 15.0. The average molecular weight is 310 g/mol.